The summed E-state index contributed by atoms with van der Waals surface area (Å²) < 4.78 is 32.8. The minimum atomic E-state index is -1.24. The van der Waals surface area contributed by atoms with Crippen LogP contribution in [0.2, 0.25) is 0 Å². The molecule has 0 saturated carbocycles. The maximum absolute atomic E-state index is 13.9. The molecule has 6 nitrogen and oxygen atoms in total. The molecule has 2 rings (SSSR count). The predicted molar refractivity (Wildman–Crippen MR) is 68.9 cm³/mol. The van der Waals surface area contributed by atoms with Gasteiger partial charge in [-0.25, -0.2) is 4.39 Å². The van der Waals surface area contributed by atoms with Crippen LogP contribution in [0.15, 0.2) is 12.1 Å². The normalized spacial score (nSPS) is 22.2. The average molecular weight is 300 g/mol. The van der Waals surface area contributed by atoms with Crippen LogP contribution in [-0.2, 0) is 4.74 Å². The van der Waals surface area contributed by atoms with Crippen molar-refractivity contribution in [2.45, 2.75) is 26.0 Å². The van der Waals surface area contributed by atoms with E-state index in [4.69, 9.17) is 4.74 Å². The van der Waals surface area contributed by atoms with Crippen molar-refractivity contribution in [3.63, 3.8) is 0 Å². The number of morpholine rings is 1. The van der Waals surface area contributed by atoms with E-state index in [0.29, 0.717) is 18.7 Å². The van der Waals surface area contributed by atoms with E-state index in [-0.39, 0.29) is 18.7 Å². The molecule has 0 spiro atoms. The zero-order valence-corrected chi connectivity index (χ0v) is 11.5. The monoisotopic (exact) mass is 300 g/mol. The molecular formula is C13H14F2N2O4. The van der Waals surface area contributed by atoms with Crippen molar-refractivity contribution in [3.8, 4) is 0 Å². The molecule has 1 saturated heterocycles. The second-order valence-electron chi connectivity index (χ2n) is 4.99. The van der Waals surface area contributed by atoms with Gasteiger partial charge in [0.05, 0.1) is 35.3 Å². The zero-order valence-electron chi connectivity index (χ0n) is 11.5. The molecule has 114 valence electrons. The summed E-state index contributed by atoms with van der Waals surface area (Å²) in [7, 11) is 0. The van der Waals surface area contributed by atoms with E-state index < -0.39 is 33.7 Å². The highest BCUT2D eigenvalue weighted by atomic mass is 19.1. The predicted octanol–water partition coefficient (Wildman–Crippen LogP) is 2.12. The van der Waals surface area contributed by atoms with Gasteiger partial charge >= 0.3 is 5.69 Å². The first-order chi connectivity index (χ1) is 9.81. The smallest absolute Gasteiger partial charge is 0.307 e. The van der Waals surface area contributed by atoms with Crippen molar-refractivity contribution in [1.82, 2.24) is 4.90 Å². The number of carbonyl (C=O) groups is 1. The average Bonchev–Trinajstić information content (AvgIpc) is 2.42. The Morgan fingerprint density at radius 2 is 2.05 bits per heavy atom. The number of nitro benzene ring substituents is 1. The Morgan fingerprint density at radius 3 is 2.67 bits per heavy atom. The van der Waals surface area contributed by atoms with Gasteiger partial charge < -0.3 is 9.64 Å². The van der Waals surface area contributed by atoms with Crippen LogP contribution in [0.3, 0.4) is 0 Å². The Kier molecular flexibility index (Phi) is 4.17. The molecular weight excluding hydrogens is 286 g/mol. The van der Waals surface area contributed by atoms with Crippen LogP contribution in [0.5, 0.6) is 0 Å². The van der Waals surface area contributed by atoms with Crippen LogP contribution in [0, 0.1) is 21.7 Å². The van der Waals surface area contributed by atoms with Crippen LogP contribution in [0.4, 0.5) is 14.5 Å². The summed E-state index contributed by atoms with van der Waals surface area (Å²) in [6, 6.07) is 0.714. The zero-order chi connectivity index (χ0) is 15.7. The minimum absolute atomic E-state index is 0.212. The molecule has 1 aliphatic heterocycles. The van der Waals surface area contributed by atoms with Gasteiger partial charge in [-0.05, 0) is 19.9 Å². The molecule has 1 heterocycles. The number of rotatable bonds is 2. The first kappa shape index (κ1) is 15.3. The molecule has 2 atom stereocenters. The molecule has 1 aromatic rings. The van der Waals surface area contributed by atoms with Gasteiger partial charge in [0, 0.05) is 6.54 Å². The molecule has 1 aliphatic rings. The third kappa shape index (κ3) is 2.99. The van der Waals surface area contributed by atoms with Gasteiger partial charge in [0.1, 0.15) is 5.82 Å². The van der Waals surface area contributed by atoms with Crippen LogP contribution >= 0.6 is 0 Å². The molecule has 0 radical (unpaired) electrons. The van der Waals surface area contributed by atoms with E-state index in [0.717, 1.165) is 0 Å². The first-order valence-electron chi connectivity index (χ1n) is 6.37. The van der Waals surface area contributed by atoms with Crippen LogP contribution < -0.4 is 0 Å². The number of hydrogen-bond acceptors (Lipinski definition) is 4. The second-order valence-corrected chi connectivity index (χ2v) is 4.99. The molecule has 1 amide bonds. The summed E-state index contributed by atoms with van der Waals surface area (Å²) >= 11 is 0. The van der Waals surface area contributed by atoms with Crippen LogP contribution in [0.1, 0.15) is 24.2 Å². The SMILES string of the molecule is CC1CN(C(=O)c2cc(F)c([N+](=O)[O-])cc2F)C(C)CO1. The second kappa shape index (κ2) is 5.72. The molecule has 0 aromatic heterocycles. The fraction of sp³-hybridized carbons (Fsp3) is 0.462. The lowest BCUT2D eigenvalue weighted by Crippen LogP contribution is -2.50. The number of nitro groups is 1. The van der Waals surface area contributed by atoms with Gasteiger partial charge in [0.25, 0.3) is 5.91 Å². The Morgan fingerprint density at radius 1 is 1.38 bits per heavy atom. The number of benzene rings is 1. The maximum atomic E-state index is 13.9. The summed E-state index contributed by atoms with van der Waals surface area (Å²) in [5.41, 5.74) is -1.51. The molecule has 1 fully saturated rings. The number of nitrogens with zero attached hydrogens (tertiary/aromatic N) is 2. The lowest BCUT2D eigenvalue weighted by molar-refractivity contribution is -0.387. The number of amides is 1. The third-order valence-electron chi connectivity index (χ3n) is 3.33. The molecule has 2 unspecified atom stereocenters. The van der Waals surface area contributed by atoms with E-state index in [1.54, 1.807) is 13.8 Å². The van der Waals surface area contributed by atoms with Gasteiger partial charge in [0.15, 0.2) is 0 Å². The molecule has 0 N–H and O–H groups in total. The van der Waals surface area contributed by atoms with Crippen molar-refractivity contribution in [1.29, 1.82) is 0 Å². The van der Waals surface area contributed by atoms with Crippen molar-refractivity contribution in [2.75, 3.05) is 13.2 Å². The van der Waals surface area contributed by atoms with E-state index in [9.17, 15) is 23.7 Å². The van der Waals surface area contributed by atoms with Gasteiger partial charge in [0.2, 0.25) is 5.82 Å². The number of hydrogen-bond donors (Lipinski definition) is 0. The molecule has 0 aliphatic carbocycles. The van der Waals surface area contributed by atoms with E-state index >= 15 is 0 Å². The third-order valence-corrected chi connectivity index (χ3v) is 3.33. The summed E-state index contributed by atoms with van der Waals surface area (Å²) in [4.78, 5) is 23.2. The number of halogens is 2. The maximum Gasteiger partial charge on any atom is 0.307 e. The van der Waals surface area contributed by atoms with Gasteiger partial charge in [-0.15, -0.1) is 0 Å². The fourth-order valence-electron chi connectivity index (χ4n) is 2.18. The Labute approximate surface area is 119 Å². The highest BCUT2D eigenvalue weighted by molar-refractivity contribution is 5.95. The summed E-state index contributed by atoms with van der Waals surface area (Å²) in [5, 5.41) is 10.5. The highest BCUT2D eigenvalue weighted by Gasteiger charge is 2.31. The van der Waals surface area contributed by atoms with Crippen molar-refractivity contribution in [2.24, 2.45) is 0 Å². The largest absolute Gasteiger partial charge is 0.375 e. The molecule has 21 heavy (non-hydrogen) atoms. The van der Waals surface area contributed by atoms with Crippen molar-refractivity contribution in [3.05, 3.63) is 39.4 Å². The lowest BCUT2D eigenvalue weighted by atomic mass is 10.1. The van der Waals surface area contributed by atoms with E-state index in [1.165, 1.54) is 4.90 Å². The lowest BCUT2D eigenvalue weighted by Gasteiger charge is -2.36. The van der Waals surface area contributed by atoms with Crippen molar-refractivity contribution < 1.29 is 23.2 Å². The molecule has 1 aromatic carbocycles. The van der Waals surface area contributed by atoms with Gasteiger partial charge in [-0.3, -0.25) is 14.9 Å². The van der Waals surface area contributed by atoms with E-state index in [1.807, 2.05) is 0 Å². The topological polar surface area (TPSA) is 72.7 Å². The first-order valence-corrected chi connectivity index (χ1v) is 6.37. The van der Waals surface area contributed by atoms with Crippen LogP contribution in [0.25, 0.3) is 0 Å². The molecule has 8 heteroatoms. The summed E-state index contributed by atoms with van der Waals surface area (Å²) in [5.74, 6) is -3.05. The highest BCUT2D eigenvalue weighted by Crippen LogP contribution is 2.24. The fourth-order valence-corrected chi connectivity index (χ4v) is 2.18. The number of ether oxygens (including phenoxy) is 1. The Bertz CT molecular complexity index is 594. The quantitative estimate of drug-likeness (QED) is 0.619. The van der Waals surface area contributed by atoms with E-state index in [2.05, 4.69) is 0 Å². The summed E-state index contributed by atoms with van der Waals surface area (Å²) in [6.45, 7) is 4.03. The Balaban J connectivity index is 2.35. The number of carbonyl (C=O) groups excluding carboxylic acids is 1. The molecule has 0 bridgehead atoms. The van der Waals surface area contributed by atoms with Gasteiger partial charge in [-0.1, -0.05) is 0 Å². The van der Waals surface area contributed by atoms with Crippen LogP contribution in [-0.4, -0.2) is 41.0 Å². The standard InChI is InChI=1S/C13H14F2N2O4/c1-7-6-21-8(2)5-16(7)13(18)9-3-11(15)12(17(19)20)4-10(9)14/h3-4,7-8H,5-6H2,1-2H3. The minimum Gasteiger partial charge on any atom is -0.375 e. The van der Waals surface area contributed by atoms with Crippen molar-refractivity contribution >= 4 is 11.6 Å². The van der Waals surface area contributed by atoms with Gasteiger partial charge in [-0.2, -0.15) is 4.39 Å². The summed E-state index contributed by atoms with van der Waals surface area (Å²) in [6.07, 6.45) is -0.212. The Hall–Kier alpha value is -2.09.